The molecule has 0 saturated heterocycles. The van der Waals surface area contributed by atoms with Crippen LogP contribution in [0, 0.1) is 5.82 Å². The summed E-state index contributed by atoms with van der Waals surface area (Å²) in [6.45, 7) is -0.381. The molecule has 0 aliphatic carbocycles. The number of esters is 1. The van der Waals surface area contributed by atoms with Crippen molar-refractivity contribution in [2.75, 3.05) is 6.61 Å². The van der Waals surface area contributed by atoms with Crippen molar-refractivity contribution in [3.63, 3.8) is 0 Å². The highest BCUT2D eigenvalue weighted by molar-refractivity contribution is 6.14. The molecule has 1 N–H and O–H groups in total. The lowest BCUT2D eigenvalue weighted by Crippen LogP contribution is -2.13. The number of carbonyl (C=O) groups is 2. The van der Waals surface area contributed by atoms with E-state index >= 15 is 0 Å². The molecule has 0 spiro atoms. The maximum absolute atomic E-state index is 13.0. The first kappa shape index (κ1) is 19.3. The third-order valence-corrected chi connectivity index (χ3v) is 4.67. The summed E-state index contributed by atoms with van der Waals surface area (Å²) in [7, 11) is 0. The number of benzene rings is 3. The van der Waals surface area contributed by atoms with Crippen molar-refractivity contribution in [1.29, 1.82) is 0 Å². The Morgan fingerprint density at radius 3 is 2.37 bits per heavy atom. The predicted molar refractivity (Wildman–Crippen MR) is 114 cm³/mol. The second-order valence-electron chi connectivity index (χ2n) is 6.70. The SMILES string of the molecule is O=C(/C=C/c1ccc(F)cc1)OCC(=O)c1c(-c2ccccc2)[nH]c2ccccc12. The fourth-order valence-corrected chi connectivity index (χ4v) is 3.25. The molecule has 30 heavy (non-hydrogen) atoms. The van der Waals surface area contributed by atoms with Gasteiger partial charge in [0.2, 0.25) is 5.78 Å². The molecule has 1 aromatic heterocycles. The van der Waals surface area contributed by atoms with Crippen LogP contribution in [0.1, 0.15) is 15.9 Å². The number of Topliss-reactive ketones (excluding diaryl/α,β-unsaturated/α-hetero) is 1. The molecule has 148 valence electrons. The molecule has 4 rings (SSSR count). The summed E-state index contributed by atoms with van der Waals surface area (Å²) >= 11 is 0. The van der Waals surface area contributed by atoms with Gasteiger partial charge < -0.3 is 9.72 Å². The van der Waals surface area contributed by atoms with E-state index in [4.69, 9.17) is 4.74 Å². The molecule has 0 unspecified atom stereocenters. The second kappa shape index (κ2) is 8.57. The van der Waals surface area contributed by atoms with Crippen LogP contribution in [-0.4, -0.2) is 23.3 Å². The lowest BCUT2D eigenvalue weighted by molar-refractivity contribution is -0.136. The number of hydrogen-bond acceptors (Lipinski definition) is 3. The summed E-state index contributed by atoms with van der Waals surface area (Å²) in [6, 6.07) is 22.7. The Bertz CT molecular complexity index is 1220. The Morgan fingerprint density at radius 2 is 1.60 bits per heavy atom. The van der Waals surface area contributed by atoms with E-state index in [2.05, 4.69) is 4.98 Å². The average Bonchev–Trinajstić information content (AvgIpc) is 3.17. The van der Waals surface area contributed by atoms with Gasteiger partial charge in [0.15, 0.2) is 6.61 Å². The molecule has 0 aliphatic rings. The Kier molecular flexibility index (Phi) is 5.52. The molecule has 0 bridgehead atoms. The monoisotopic (exact) mass is 399 g/mol. The number of fused-ring (bicyclic) bond motifs is 1. The van der Waals surface area contributed by atoms with Crippen molar-refractivity contribution >= 4 is 28.7 Å². The van der Waals surface area contributed by atoms with Gasteiger partial charge >= 0.3 is 5.97 Å². The third kappa shape index (κ3) is 4.20. The number of H-pyrrole nitrogens is 1. The van der Waals surface area contributed by atoms with Crippen molar-refractivity contribution in [3.8, 4) is 11.3 Å². The van der Waals surface area contributed by atoms with Crippen LogP contribution >= 0.6 is 0 Å². The summed E-state index contributed by atoms with van der Waals surface area (Å²) in [5.74, 6) is -1.29. The van der Waals surface area contributed by atoms with Crippen LogP contribution in [0.5, 0.6) is 0 Å². The van der Waals surface area contributed by atoms with Crippen LogP contribution < -0.4 is 0 Å². The van der Waals surface area contributed by atoms with Crippen LogP contribution in [0.15, 0.2) is 84.9 Å². The molecule has 0 radical (unpaired) electrons. The standard InChI is InChI=1S/C25H18FNO3/c26-19-13-10-17(11-14-19)12-15-23(29)30-16-22(28)24-20-8-4-5-9-21(20)27-25(24)18-6-2-1-3-7-18/h1-15,27H,16H2/b15-12+. The highest BCUT2D eigenvalue weighted by Crippen LogP contribution is 2.30. The van der Waals surface area contributed by atoms with E-state index in [1.807, 2.05) is 54.6 Å². The maximum Gasteiger partial charge on any atom is 0.331 e. The van der Waals surface area contributed by atoms with E-state index in [0.717, 1.165) is 16.5 Å². The van der Waals surface area contributed by atoms with Gasteiger partial charge in [0.05, 0.1) is 11.3 Å². The minimum atomic E-state index is -0.645. The molecule has 1 heterocycles. The van der Waals surface area contributed by atoms with Crippen LogP contribution in [0.25, 0.3) is 28.2 Å². The summed E-state index contributed by atoms with van der Waals surface area (Å²) in [6.07, 6.45) is 2.72. The highest BCUT2D eigenvalue weighted by atomic mass is 19.1. The van der Waals surface area contributed by atoms with E-state index in [1.165, 1.54) is 24.3 Å². The number of para-hydroxylation sites is 1. The Morgan fingerprint density at radius 1 is 0.900 bits per heavy atom. The van der Waals surface area contributed by atoms with Gasteiger partial charge in [0.25, 0.3) is 0 Å². The lowest BCUT2D eigenvalue weighted by atomic mass is 10.0. The Balaban J connectivity index is 1.53. The summed E-state index contributed by atoms with van der Waals surface area (Å²) in [4.78, 5) is 28.3. The van der Waals surface area contributed by atoms with Gasteiger partial charge in [-0.25, -0.2) is 9.18 Å². The van der Waals surface area contributed by atoms with E-state index in [9.17, 15) is 14.0 Å². The normalized spacial score (nSPS) is 11.1. The van der Waals surface area contributed by atoms with Crippen molar-refractivity contribution in [1.82, 2.24) is 4.98 Å². The molecule has 0 amide bonds. The Labute approximate surface area is 172 Å². The van der Waals surface area contributed by atoms with Gasteiger partial charge in [-0.05, 0) is 35.4 Å². The number of ether oxygens (including phenoxy) is 1. The van der Waals surface area contributed by atoms with Gasteiger partial charge in [0.1, 0.15) is 5.82 Å². The minimum Gasteiger partial charge on any atom is -0.454 e. The second-order valence-corrected chi connectivity index (χ2v) is 6.70. The van der Waals surface area contributed by atoms with Crippen molar-refractivity contribution in [2.24, 2.45) is 0 Å². The minimum absolute atomic E-state index is 0.296. The number of aromatic amines is 1. The number of carbonyl (C=O) groups excluding carboxylic acids is 2. The molecule has 5 heteroatoms. The van der Waals surface area contributed by atoms with E-state index in [0.29, 0.717) is 16.8 Å². The third-order valence-electron chi connectivity index (χ3n) is 4.67. The van der Waals surface area contributed by atoms with Gasteiger partial charge in [-0.1, -0.05) is 60.7 Å². The number of hydrogen-bond donors (Lipinski definition) is 1. The van der Waals surface area contributed by atoms with Crippen LogP contribution in [0.2, 0.25) is 0 Å². The topological polar surface area (TPSA) is 59.2 Å². The molecule has 0 saturated carbocycles. The van der Waals surface area contributed by atoms with E-state index in [-0.39, 0.29) is 18.2 Å². The van der Waals surface area contributed by atoms with Gasteiger partial charge in [-0.15, -0.1) is 0 Å². The molecular formula is C25H18FNO3. The van der Waals surface area contributed by atoms with Crippen LogP contribution in [-0.2, 0) is 9.53 Å². The van der Waals surface area contributed by atoms with E-state index < -0.39 is 5.97 Å². The zero-order chi connectivity index (χ0) is 20.9. The van der Waals surface area contributed by atoms with Crippen LogP contribution in [0.4, 0.5) is 4.39 Å². The van der Waals surface area contributed by atoms with Crippen molar-refractivity contribution in [3.05, 3.63) is 102 Å². The number of rotatable bonds is 6. The van der Waals surface area contributed by atoms with Crippen molar-refractivity contribution in [2.45, 2.75) is 0 Å². The molecule has 0 aliphatic heterocycles. The fourth-order valence-electron chi connectivity index (χ4n) is 3.25. The first-order chi connectivity index (χ1) is 14.6. The predicted octanol–water partition coefficient (Wildman–Crippen LogP) is 5.41. The molecule has 4 nitrogen and oxygen atoms in total. The highest BCUT2D eigenvalue weighted by Gasteiger charge is 2.20. The number of ketones is 1. The summed E-state index contributed by atoms with van der Waals surface area (Å²) < 4.78 is 18.1. The smallest absolute Gasteiger partial charge is 0.331 e. The number of halogens is 1. The van der Waals surface area contributed by atoms with Gasteiger partial charge in [0, 0.05) is 17.0 Å². The van der Waals surface area contributed by atoms with Gasteiger partial charge in [-0.2, -0.15) is 0 Å². The molecule has 3 aromatic carbocycles. The maximum atomic E-state index is 13.0. The average molecular weight is 399 g/mol. The molecule has 0 fully saturated rings. The number of nitrogens with one attached hydrogen (secondary N) is 1. The fraction of sp³-hybridized carbons (Fsp3) is 0.0400. The molecule has 4 aromatic rings. The molecular weight excluding hydrogens is 381 g/mol. The Hall–Kier alpha value is -3.99. The zero-order valence-electron chi connectivity index (χ0n) is 16.0. The quantitative estimate of drug-likeness (QED) is 0.268. The van der Waals surface area contributed by atoms with E-state index in [1.54, 1.807) is 12.1 Å². The summed E-state index contributed by atoms with van der Waals surface area (Å²) in [5, 5.41) is 0.777. The first-order valence-corrected chi connectivity index (χ1v) is 9.41. The van der Waals surface area contributed by atoms with Crippen LogP contribution in [0.3, 0.4) is 0 Å². The molecule has 0 atom stereocenters. The zero-order valence-corrected chi connectivity index (χ0v) is 16.0. The first-order valence-electron chi connectivity index (χ1n) is 9.41. The largest absolute Gasteiger partial charge is 0.454 e. The lowest BCUT2D eigenvalue weighted by Gasteiger charge is -2.05. The van der Waals surface area contributed by atoms with Crippen molar-refractivity contribution < 1.29 is 18.7 Å². The van der Waals surface area contributed by atoms with Gasteiger partial charge in [-0.3, -0.25) is 4.79 Å². The summed E-state index contributed by atoms with van der Waals surface area (Å²) in [5.41, 5.74) is 3.55. The number of aromatic nitrogens is 1.